The highest BCUT2D eigenvalue weighted by Gasteiger charge is 2.26. The summed E-state index contributed by atoms with van der Waals surface area (Å²) in [6.07, 6.45) is 5.47. The van der Waals surface area contributed by atoms with E-state index in [0.717, 1.165) is 12.5 Å². The predicted molar refractivity (Wildman–Crippen MR) is 52.0 cm³/mol. The third-order valence-corrected chi connectivity index (χ3v) is 2.64. The van der Waals surface area contributed by atoms with Gasteiger partial charge in [0.15, 0.2) is 0 Å². The second-order valence-corrected chi connectivity index (χ2v) is 4.36. The molecule has 0 radical (unpaired) electrons. The normalized spacial score (nSPS) is 29.2. The SMILES string of the molecule is CC1(C)CCCC(CN)C1.Cl. The van der Waals surface area contributed by atoms with Crippen LogP contribution in [0.2, 0.25) is 0 Å². The van der Waals surface area contributed by atoms with Crippen molar-refractivity contribution in [3.8, 4) is 0 Å². The first-order valence-corrected chi connectivity index (χ1v) is 4.34. The molecule has 1 fully saturated rings. The molecule has 0 aromatic heterocycles. The van der Waals surface area contributed by atoms with E-state index in [-0.39, 0.29) is 12.4 Å². The van der Waals surface area contributed by atoms with Crippen LogP contribution in [0, 0.1) is 11.3 Å². The molecule has 0 amide bonds. The Labute approximate surface area is 76.1 Å². The minimum absolute atomic E-state index is 0. The second-order valence-electron chi connectivity index (χ2n) is 4.36. The van der Waals surface area contributed by atoms with Crippen molar-refractivity contribution in [3.63, 3.8) is 0 Å². The molecule has 1 saturated carbocycles. The van der Waals surface area contributed by atoms with E-state index in [1.807, 2.05) is 0 Å². The van der Waals surface area contributed by atoms with Crippen molar-refractivity contribution in [2.45, 2.75) is 39.5 Å². The molecule has 0 bridgehead atoms. The molecular formula is C9H20ClN. The monoisotopic (exact) mass is 177 g/mol. The van der Waals surface area contributed by atoms with Gasteiger partial charge in [0.05, 0.1) is 0 Å². The number of rotatable bonds is 1. The standard InChI is InChI=1S/C9H19N.ClH/c1-9(2)5-3-4-8(6-9)7-10;/h8H,3-7,10H2,1-2H3;1H. The molecule has 0 aromatic rings. The molecule has 2 N–H and O–H groups in total. The lowest BCUT2D eigenvalue weighted by Gasteiger charge is -2.34. The maximum atomic E-state index is 5.62. The van der Waals surface area contributed by atoms with Gasteiger partial charge in [0.1, 0.15) is 0 Å². The molecule has 1 unspecified atom stereocenters. The van der Waals surface area contributed by atoms with E-state index in [1.165, 1.54) is 25.7 Å². The summed E-state index contributed by atoms with van der Waals surface area (Å²) in [5, 5.41) is 0. The lowest BCUT2D eigenvalue weighted by molar-refractivity contribution is 0.184. The number of nitrogens with two attached hydrogens (primary N) is 1. The Kier molecular flexibility index (Phi) is 4.42. The van der Waals surface area contributed by atoms with Crippen LogP contribution in [0.1, 0.15) is 39.5 Å². The zero-order valence-electron chi connectivity index (χ0n) is 7.60. The lowest BCUT2D eigenvalue weighted by Crippen LogP contribution is -2.27. The Morgan fingerprint density at radius 3 is 2.45 bits per heavy atom. The summed E-state index contributed by atoms with van der Waals surface area (Å²) in [4.78, 5) is 0. The Hall–Kier alpha value is 0.250. The van der Waals surface area contributed by atoms with E-state index in [1.54, 1.807) is 0 Å². The Bertz CT molecular complexity index is 112. The first kappa shape index (κ1) is 11.2. The van der Waals surface area contributed by atoms with Crippen molar-refractivity contribution in [2.24, 2.45) is 17.1 Å². The highest BCUT2D eigenvalue weighted by atomic mass is 35.5. The molecule has 0 heterocycles. The van der Waals surface area contributed by atoms with Crippen molar-refractivity contribution in [1.29, 1.82) is 0 Å². The summed E-state index contributed by atoms with van der Waals surface area (Å²) < 4.78 is 0. The molecule has 1 rings (SSSR count). The molecule has 1 atom stereocenters. The summed E-state index contributed by atoms with van der Waals surface area (Å²) in [6.45, 7) is 5.60. The van der Waals surface area contributed by atoms with Crippen molar-refractivity contribution in [3.05, 3.63) is 0 Å². The fraction of sp³-hybridized carbons (Fsp3) is 1.00. The van der Waals surface area contributed by atoms with Crippen LogP contribution in [0.4, 0.5) is 0 Å². The van der Waals surface area contributed by atoms with Crippen LogP contribution < -0.4 is 5.73 Å². The van der Waals surface area contributed by atoms with Crippen molar-refractivity contribution in [1.82, 2.24) is 0 Å². The molecule has 2 heteroatoms. The van der Waals surface area contributed by atoms with Crippen LogP contribution in [0.3, 0.4) is 0 Å². The summed E-state index contributed by atoms with van der Waals surface area (Å²) in [5.74, 6) is 0.809. The van der Waals surface area contributed by atoms with Crippen molar-refractivity contribution >= 4 is 12.4 Å². The lowest BCUT2D eigenvalue weighted by atomic mass is 9.72. The quantitative estimate of drug-likeness (QED) is 0.655. The summed E-state index contributed by atoms with van der Waals surface area (Å²) in [7, 11) is 0. The van der Waals surface area contributed by atoms with Crippen LogP contribution in [-0.2, 0) is 0 Å². The first-order chi connectivity index (χ1) is 4.64. The largest absolute Gasteiger partial charge is 0.330 e. The maximum Gasteiger partial charge on any atom is -0.00487 e. The smallest absolute Gasteiger partial charge is 0.00487 e. The van der Waals surface area contributed by atoms with Gasteiger partial charge in [-0.05, 0) is 37.1 Å². The highest BCUT2D eigenvalue weighted by Crippen LogP contribution is 2.37. The van der Waals surface area contributed by atoms with E-state index in [9.17, 15) is 0 Å². The van der Waals surface area contributed by atoms with E-state index in [2.05, 4.69) is 13.8 Å². The summed E-state index contributed by atoms with van der Waals surface area (Å²) >= 11 is 0. The zero-order valence-corrected chi connectivity index (χ0v) is 8.41. The highest BCUT2D eigenvalue weighted by molar-refractivity contribution is 5.85. The molecule has 1 nitrogen and oxygen atoms in total. The van der Waals surface area contributed by atoms with Gasteiger partial charge in [-0.25, -0.2) is 0 Å². The number of hydrogen-bond donors (Lipinski definition) is 1. The van der Waals surface area contributed by atoms with Gasteiger partial charge in [-0.2, -0.15) is 0 Å². The van der Waals surface area contributed by atoms with Crippen LogP contribution in [-0.4, -0.2) is 6.54 Å². The molecule has 1 aliphatic carbocycles. The van der Waals surface area contributed by atoms with Gasteiger partial charge in [0, 0.05) is 0 Å². The van der Waals surface area contributed by atoms with E-state index in [4.69, 9.17) is 5.73 Å². The van der Waals surface area contributed by atoms with Gasteiger partial charge in [-0.3, -0.25) is 0 Å². The van der Waals surface area contributed by atoms with Gasteiger partial charge in [-0.15, -0.1) is 12.4 Å². The topological polar surface area (TPSA) is 26.0 Å². The summed E-state index contributed by atoms with van der Waals surface area (Å²) in [5.41, 5.74) is 6.20. The van der Waals surface area contributed by atoms with Gasteiger partial charge >= 0.3 is 0 Å². The molecule has 11 heavy (non-hydrogen) atoms. The minimum Gasteiger partial charge on any atom is -0.330 e. The predicted octanol–water partition coefficient (Wildman–Crippen LogP) is 2.58. The molecular weight excluding hydrogens is 158 g/mol. The summed E-state index contributed by atoms with van der Waals surface area (Å²) in [6, 6.07) is 0. The van der Waals surface area contributed by atoms with Crippen LogP contribution >= 0.6 is 12.4 Å². The molecule has 68 valence electrons. The fourth-order valence-corrected chi connectivity index (χ4v) is 2.06. The first-order valence-electron chi connectivity index (χ1n) is 4.34. The Morgan fingerprint density at radius 2 is 2.09 bits per heavy atom. The van der Waals surface area contributed by atoms with Gasteiger partial charge < -0.3 is 5.73 Å². The van der Waals surface area contributed by atoms with Gasteiger partial charge in [0.25, 0.3) is 0 Å². The van der Waals surface area contributed by atoms with Crippen LogP contribution in [0.15, 0.2) is 0 Å². The average molecular weight is 178 g/mol. The third-order valence-electron chi connectivity index (χ3n) is 2.64. The Balaban J connectivity index is 0.000001000. The van der Waals surface area contributed by atoms with Crippen molar-refractivity contribution < 1.29 is 0 Å². The number of halogens is 1. The van der Waals surface area contributed by atoms with E-state index in [0.29, 0.717) is 5.41 Å². The Morgan fingerprint density at radius 1 is 1.45 bits per heavy atom. The second kappa shape index (κ2) is 4.32. The van der Waals surface area contributed by atoms with E-state index < -0.39 is 0 Å². The fourth-order valence-electron chi connectivity index (χ4n) is 2.06. The van der Waals surface area contributed by atoms with Gasteiger partial charge in [-0.1, -0.05) is 20.3 Å². The molecule has 0 aliphatic heterocycles. The molecule has 0 saturated heterocycles. The average Bonchev–Trinajstić information content (AvgIpc) is 1.86. The minimum atomic E-state index is 0. The van der Waals surface area contributed by atoms with Crippen molar-refractivity contribution in [2.75, 3.05) is 6.54 Å². The third kappa shape index (κ3) is 3.44. The van der Waals surface area contributed by atoms with E-state index >= 15 is 0 Å². The molecule has 0 aromatic carbocycles. The van der Waals surface area contributed by atoms with Gasteiger partial charge in [0.2, 0.25) is 0 Å². The number of hydrogen-bond acceptors (Lipinski definition) is 1. The molecule has 0 spiro atoms. The van der Waals surface area contributed by atoms with Crippen LogP contribution in [0.5, 0.6) is 0 Å². The molecule has 1 aliphatic rings. The maximum absolute atomic E-state index is 5.62. The zero-order chi connectivity index (χ0) is 7.61. The van der Waals surface area contributed by atoms with Crippen LogP contribution in [0.25, 0.3) is 0 Å².